The zero-order valence-electron chi connectivity index (χ0n) is 21.8. The van der Waals surface area contributed by atoms with E-state index in [1.54, 1.807) is 6.07 Å². The topological polar surface area (TPSA) is 81.8 Å². The van der Waals surface area contributed by atoms with Crippen molar-refractivity contribution in [2.75, 3.05) is 0 Å². The van der Waals surface area contributed by atoms with Gasteiger partial charge in [0.05, 0.1) is 12.0 Å². The third-order valence-electron chi connectivity index (χ3n) is 7.02. The molecular formula is C31H24F3NO5S. The van der Waals surface area contributed by atoms with Gasteiger partial charge in [0.1, 0.15) is 29.6 Å². The molecule has 0 spiro atoms. The molecule has 1 aliphatic rings. The highest BCUT2D eigenvalue weighted by atomic mass is 32.1. The molecule has 0 amide bonds. The van der Waals surface area contributed by atoms with Crippen LogP contribution in [0.15, 0.2) is 70.6 Å². The lowest BCUT2D eigenvalue weighted by Gasteiger charge is -2.14. The van der Waals surface area contributed by atoms with E-state index in [4.69, 9.17) is 14.4 Å². The number of carbonyl (C=O) groups is 1. The summed E-state index contributed by atoms with van der Waals surface area (Å²) in [5, 5.41) is 16.1. The van der Waals surface area contributed by atoms with Crippen molar-refractivity contribution in [2.24, 2.45) is 0 Å². The summed E-state index contributed by atoms with van der Waals surface area (Å²) >= 11 is 1.52. The van der Waals surface area contributed by atoms with Gasteiger partial charge in [-0.05, 0) is 83.1 Å². The molecule has 2 aromatic heterocycles. The summed E-state index contributed by atoms with van der Waals surface area (Å²) in [5.41, 5.74) is 4.84. The monoisotopic (exact) mass is 579 g/mol. The van der Waals surface area contributed by atoms with Crippen LogP contribution in [0.3, 0.4) is 0 Å². The minimum absolute atomic E-state index is 0.0122. The highest BCUT2D eigenvalue weighted by Crippen LogP contribution is 2.46. The number of aliphatic carboxylic acids is 1. The molecule has 0 radical (unpaired) electrons. The molecule has 1 saturated carbocycles. The summed E-state index contributed by atoms with van der Waals surface area (Å²) in [6.07, 6.45) is -3.02. The van der Waals surface area contributed by atoms with Crippen LogP contribution in [-0.2, 0) is 17.8 Å². The molecule has 0 aliphatic heterocycles. The number of fused-ring (bicyclic) bond motifs is 1. The van der Waals surface area contributed by atoms with E-state index in [0.29, 0.717) is 17.1 Å². The molecule has 6 nitrogen and oxygen atoms in total. The molecule has 3 aromatic carbocycles. The number of carboxylic acid groups (broad SMARTS) is 1. The first-order valence-electron chi connectivity index (χ1n) is 13.0. The van der Waals surface area contributed by atoms with Gasteiger partial charge in [-0.15, -0.1) is 24.5 Å². The number of para-hydroxylation sites is 1. The number of thiophene rings is 1. The van der Waals surface area contributed by atoms with Crippen molar-refractivity contribution in [3.8, 4) is 33.9 Å². The smallest absolute Gasteiger partial charge is 0.489 e. The Morgan fingerprint density at radius 3 is 2.63 bits per heavy atom. The number of alkyl halides is 3. The molecule has 1 fully saturated rings. The van der Waals surface area contributed by atoms with Gasteiger partial charge in [-0.1, -0.05) is 35.5 Å². The molecule has 10 heteroatoms. The molecule has 0 saturated heterocycles. The predicted molar refractivity (Wildman–Crippen MR) is 148 cm³/mol. The van der Waals surface area contributed by atoms with Crippen molar-refractivity contribution < 1.29 is 37.1 Å². The molecule has 0 bridgehead atoms. The van der Waals surface area contributed by atoms with Crippen LogP contribution in [-0.4, -0.2) is 22.6 Å². The second-order valence-corrected chi connectivity index (χ2v) is 10.9. The van der Waals surface area contributed by atoms with Crippen molar-refractivity contribution in [2.45, 2.75) is 45.1 Å². The van der Waals surface area contributed by atoms with Gasteiger partial charge in [-0.3, -0.25) is 4.79 Å². The molecule has 6 rings (SSSR count). The Balaban J connectivity index is 1.25. The van der Waals surface area contributed by atoms with E-state index in [2.05, 4.69) is 16.0 Å². The molecule has 1 N–H and O–H groups in total. The zero-order chi connectivity index (χ0) is 28.7. The first kappa shape index (κ1) is 26.9. The first-order chi connectivity index (χ1) is 19.7. The highest BCUT2D eigenvalue weighted by molar-refractivity contribution is 7.17. The highest BCUT2D eigenvalue weighted by Gasteiger charge is 2.35. The first-order valence-corrected chi connectivity index (χ1v) is 13.8. The van der Waals surface area contributed by atoms with E-state index in [9.17, 15) is 18.0 Å². The van der Waals surface area contributed by atoms with Gasteiger partial charge in [0, 0.05) is 16.2 Å². The second-order valence-electron chi connectivity index (χ2n) is 10.0. The molecular weight excluding hydrogens is 555 g/mol. The number of carboxylic acids is 1. The van der Waals surface area contributed by atoms with Gasteiger partial charge >= 0.3 is 12.3 Å². The van der Waals surface area contributed by atoms with E-state index in [1.165, 1.54) is 29.5 Å². The average Bonchev–Trinajstić information content (AvgIpc) is 3.56. The number of hydrogen-bond acceptors (Lipinski definition) is 6. The summed E-state index contributed by atoms with van der Waals surface area (Å²) in [6, 6.07) is 17.6. The summed E-state index contributed by atoms with van der Waals surface area (Å²) in [4.78, 5) is 11.2. The van der Waals surface area contributed by atoms with Crippen molar-refractivity contribution in [3.05, 3.63) is 88.5 Å². The number of halogens is 3. The molecule has 0 unspecified atom stereocenters. The van der Waals surface area contributed by atoms with Crippen LogP contribution in [0.25, 0.3) is 32.5 Å². The van der Waals surface area contributed by atoms with E-state index in [-0.39, 0.29) is 36.0 Å². The summed E-state index contributed by atoms with van der Waals surface area (Å²) < 4.78 is 56.2. The molecule has 0 atom stereocenters. The summed E-state index contributed by atoms with van der Waals surface area (Å²) in [7, 11) is 0. The molecule has 1 aliphatic carbocycles. The summed E-state index contributed by atoms with van der Waals surface area (Å²) in [5.74, 6) is 0.178. The number of ether oxygens (including phenoxy) is 2. The number of aryl methyl sites for hydroxylation is 1. The van der Waals surface area contributed by atoms with Gasteiger partial charge < -0.3 is 19.1 Å². The molecule has 41 heavy (non-hydrogen) atoms. The second kappa shape index (κ2) is 10.6. The number of nitrogens with zero attached hydrogens (tertiary/aromatic N) is 1. The molecule has 210 valence electrons. The fourth-order valence-corrected chi connectivity index (χ4v) is 5.97. The minimum Gasteiger partial charge on any atom is -0.489 e. The van der Waals surface area contributed by atoms with Crippen LogP contribution in [0.5, 0.6) is 11.5 Å². The van der Waals surface area contributed by atoms with Crippen LogP contribution < -0.4 is 9.47 Å². The summed E-state index contributed by atoms with van der Waals surface area (Å²) in [6.45, 7) is 2.04. The third-order valence-corrected chi connectivity index (χ3v) is 8.02. The van der Waals surface area contributed by atoms with E-state index in [1.807, 2.05) is 42.6 Å². The van der Waals surface area contributed by atoms with Crippen LogP contribution in [0.4, 0.5) is 13.2 Å². The maximum Gasteiger partial charge on any atom is 0.573 e. The van der Waals surface area contributed by atoms with E-state index >= 15 is 0 Å². The van der Waals surface area contributed by atoms with Gasteiger partial charge in [0.2, 0.25) is 0 Å². The van der Waals surface area contributed by atoms with Gasteiger partial charge in [-0.25, -0.2) is 0 Å². The van der Waals surface area contributed by atoms with Gasteiger partial charge in [0.15, 0.2) is 0 Å². The Morgan fingerprint density at radius 2 is 1.90 bits per heavy atom. The lowest BCUT2D eigenvalue weighted by atomic mass is 9.99. The largest absolute Gasteiger partial charge is 0.573 e. The Hall–Kier alpha value is -4.31. The predicted octanol–water partition coefficient (Wildman–Crippen LogP) is 8.51. The van der Waals surface area contributed by atoms with Crippen molar-refractivity contribution in [1.82, 2.24) is 5.16 Å². The third kappa shape index (κ3) is 5.78. The maximum absolute atomic E-state index is 13.1. The fraction of sp³-hybridized carbons (Fsp3) is 0.226. The Bertz CT molecular complexity index is 1750. The number of rotatable bonds is 9. The fourth-order valence-electron chi connectivity index (χ4n) is 4.97. The number of hydrogen-bond donors (Lipinski definition) is 1. The number of aromatic nitrogens is 1. The van der Waals surface area contributed by atoms with Crippen molar-refractivity contribution in [3.63, 3.8) is 0 Å². The van der Waals surface area contributed by atoms with Crippen molar-refractivity contribution in [1.29, 1.82) is 0 Å². The number of benzene rings is 3. The molecule has 5 aromatic rings. The zero-order valence-corrected chi connectivity index (χ0v) is 22.6. The normalized spacial score (nSPS) is 13.5. The van der Waals surface area contributed by atoms with E-state index < -0.39 is 12.3 Å². The lowest BCUT2D eigenvalue weighted by molar-refractivity contribution is -0.274. The standard InChI is InChI=1S/C31H24F3NO5S/c1-17-12-21(9-11-22(17)19-8-10-23-20(14-28(36)37)16-41-27(23)13-19)38-15-25-29(35-40-30(25)18-6-7-18)24-4-2-3-5-26(24)39-31(32,33)34/h2-5,8-13,16,18H,6-7,14-15H2,1H3,(H,36,37). The Morgan fingerprint density at radius 1 is 1.10 bits per heavy atom. The van der Waals surface area contributed by atoms with Crippen LogP contribution in [0, 0.1) is 6.92 Å². The Kier molecular flexibility index (Phi) is 6.94. The quantitative estimate of drug-likeness (QED) is 0.189. The van der Waals surface area contributed by atoms with Gasteiger partial charge in [-0.2, -0.15) is 0 Å². The van der Waals surface area contributed by atoms with Crippen LogP contribution >= 0.6 is 11.3 Å². The maximum atomic E-state index is 13.1. The minimum atomic E-state index is -4.84. The van der Waals surface area contributed by atoms with E-state index in [0.717, 1.165) is 45.2 Å². The Labute approximate surface area is 236 Å². The van der Waals surface area contributed by atoms with Crippen molar-refractivity contribution >= 4 is 27.4 Å². The lowest BCUT2D eigenvalue weighted by Crippen LogP contribution is -2.17. The van der Waals surface area contributed by atoms with Crippen LogP contribution in [0.2, 0.25) is 0 Å². The van der Waals surface area contributed by atoms with Gasteiger partial charge in [0.25, 0.3) is 0 Å². The molecule has 2 heterocycles. The van der Waals surface area contributed by atoms with Crippen LogP contribution in [0.1, 0.15) is 41.2 Å². The SMILES string of the molecule is Cc1cc(OCc2c(-c3ccccc3OC(F)(F)F)noc2C2CC2)ccc1-c1ccc2c(CC(=O)O)csc2c1. The average molecular weight is 580 g/mol.